The summed E-state index contributed by atoms with van der Waals surface area (Å²) in [5.74, 6) is -0.459. The molecule has 0 spiro atoms. The molecule has 0 aliphatic heterocycles. The van der Waals surface area contributed by atoms with Crippen LogP contribution in [0.5, 0.6) is 5.75 Å². The molecule has 0 unspecified atom stereocenters. The number of halogens is 1. The van der Waals surface area contributed by atoms with Crippen LogP contribution in [0.25, 0.3) is 0 Å². The van der Waals surface area contributed by atoms with E-state index in [4.69, 9.17) is 9.84 Å². The molecule has 2 aromatic carbocycles. The molecule has 0 saturated heterocycles. The van der Waals surface area contributed by atoms with Crippen molar-refractivity contribution in [2.45, 2.75) is 10.6 Å². The van der Waals surface area contributed by atoms with Crippen molar-refractivity contribution in [1.82, 2.24) is 0 Å². The molecular formula is C15H13FO3S. The summed E-state index contributed by atoms with van der Waals surface area (Å²) in [6.45, 7) is 0. The summed E-state index contributed by atoms with van der Waals surface area (Å²) in [4.78, 5) is 11.8. The Balaban J connectivity index is 2.16. The van der Waals surface area contributed by atoms with Crippen molar-refractivity contribution in [3.8, 4) is 5.75 Å². The van der Waals surface area contributed by atoms with Crippen LogP contribution in [-0.4, -0.2) is 18.2 Å². The molecule has 0 heterocycles. The quantitative estimate of drug-likeness (QED) is 0.851. The van der Waals surface area contributed by atoms with Gasteiger partial charge in [-0.3, -0.25) is 0 Å². The van der Waals surface area contributed by atoms with Gasteiger partial charge in [0.25, 0.3) is 0 Å². The van der Waals surface area contributed by atoms with Crippen LogP contribution in [-0.2, 0) is 5.75 Å². The van der Waals surface area contributed by atoms with E-state index in [9.17, 15) is 9.18 Å². The third-order valence-electron chi connectivity index (χ3n) is 2.67. The monoisotopic (exact) mass is 292 g/mol. The van der Waals surface area contributed by atoms with Crippen molar-refractivity contribution < 1.29 is 19.0 Å². The number of rotatable bonds is 5. The lowest BCUT2D eigenvalue weighted by molar-refractivity contribution is 0.0696. The summed E-state index contributed by atoms with van der Waals surface area (Å²) in [7, 11) is 1.59. The highest BCUT2D eigenvalue weighted by atomic mass is 32.2. The Kier molecular flexibility index (Phi) is 4.63. The molecule has 20 heavy (non-hydrogen) atoms. The van der Waals surface area contributed by atoms with Gasteiger partial charge in [-0.15, -0.1) is 11.8 Å². The lowest BCUT2D eigenvalue weighted by Gasteiger charge is -2.08. The molecule has 1 N–H and O–H groups in total. The third kappa shape index (κ3) is 3.51. The number of hydrogen-bond acceptors (Lipinski definition) is 3. The summed E-state index contributed by atoms with van der Waals surface area (Å²) in [6.07, 6.45) is 0. The van der Waals surface area contributed by atoms with Gasteiger partial charge in [0.05, 0.1) is 12.7 Å². The van der Waals surface area contributed by atoms with Gasteiger partial charge in [0.2, 0.25) is 0 Å². The van der Waals surface area contributed by atoms with Crippen molar-refractivity contribution in [2.75, 3.05) is 7.11 Å². The minimum absolute atomic E-state index is 0.0411. The van der Waals surface area contributed by atoms with Crippen molar-refractivity contribution in [2.24, 2.45) is 0 Å². The zero-order valence-corrected chi connectivity index (χ0v) is 11.6. The van der Waals surface area contributed by atoms with Gasteiger partial charge < -0.3 is 9.84 Å². The zero-order chi connectivity index (χ0) is 14.5. The Morgan fingerprint density at radius 1 is 1.30 bits per heavy atom. The fourth-order valence-electron chi connectivity index (χ4n) is 1.76. The van der Waals surface area contributed by atoms with E-state index in [1.807, 2.05) is 24.3 Å². The highest BCUT2D eigenvalue weighted by molar-refractivity contribution is 7.98. The third-order valence-corrected chi connectivity index (χ3v) is 3.79. The molecule has 0 saturated carbocycles. The van der Waals surface area contributed by atoms with E-state index in [-0.39, 0.29) is 5.56 Å². The smallest absolute Gasteiger partial charge is 0.335 e. The van der Waals surface area contributed by atoms with Gasteiger partial charge in [-0.2, -0.15) is 0 Å². The SMILES string of the molecule is COc1ccccc1SCc1cc(F)cc(C(=O)O)c1. The zero-order valence-electron chi connectivity index (χ0n) is 10.8. The normalized spacial score (nSPS) is 10.3. The maximum atomic E-state index is 13.4. The summed E-state index contributed by atoms with van der Waals surface area (Å²) in [5.41, 5.74) is 0.582. The molecule has 0 bridgehead atoms. The summed E-state index contributed by atoms with van der Waals surface area (Å²) >= 11 is 1.47. The van der Waals surface area contributed by atoms with E-state index in [2.05, 4.69) is 0 Å². The molecule has 3 nitrogen and oxygen atoms in total. The van der Waals surface area contributed by atoms with E-state index in [1.165, 1.54) is 23.9 Å². The Hall–Kier alpha value is -2.01. The maximum absolute atomic E-state index is 13.4. The number of carboxylic acid groups (broad SMARTS) is 1. The Bertz CT molecular complexity index is 628. The van der Waals surface area contributed by atoms with Gasteiger partial charge in [0, 0.05) is 10.6 Å². The number of para-hydroxylation sites is 1. The number of thioether (sulfide) groups is 1. The fourth-order valence-corrected chi connectivity index (χ4v) is 2.71. The number of ether oxygens (including phenoxy) is 1. The molecule has 0 aliphatic rings. The molecule has 0 amide bonds. The number of methoxy groups -OCH3 is 1. The van der Waals surface area contributed by atoms with E-state index in [0.29, 0.717) is 11.3 Å². The molecule has 0 radical (unpaired) electrons. The first-order valence-corrected chi connectivity index (χ1v) is 6.87. The van der Waals surface area contributed by atoms with Gasteiger partial charge in [0.15, 0.2) is 0 Å². The summed E-state index contributed by atoms with van der Waals surface area (Å²) in [6, 6.07) is 11.3. The van der Waals surface area contributed by atoms with Crippen molar-refractivity contribution in [3.63, 3.8) is 0 Å². The van der Waals surface area contributed by atoms with Crippen LogP contribution in [0.15, 0.2) is 47.4 Å². The number of carbonyl (C=O) groups is 1. The van der Waals surface area contributed by atoms with Crippen molar-refractivity contribution in [3.05, 3.63) is 59.4 Å². The van der Waals surface area contributed by atoms with Crippen LogP contribution >= 0.6 is 11.8 Å². The predicted molar refractivity (Wildman–Crippen MR) is 75.9 cm³/mol. The minimum atomic E-state index is -1.13. The first kappa shape index (κ1) is 14.4. The number of benzene rings is 2. The van der Waals surface area contributed by atoms with Crippen molar-refractivity contribution >= 4 is 17.7 Å². The Morgan fingerprint density at radius 2 is 2.05 bits per heavy atom. The van der Waals surface area contributed by atoms with Crippen LogP contribution in [0.1, 0.15) is 15.9 Å². The molecule has 0 fully saturated rings. The largest absolute Gasteiger partial charge is 0.496 e. The van der Waals surface area contributed by atoms with Crippen LogP contribution in [0.3, 0.4) is 0 Å². The molecule has 0 atom stereocenters. The van der Waals surface area contributed by atoms with Crippen LogP contribution < -0.4 is 4.74 Å². The first-order valence-electron chi connectivity index (χ1n) is 5.88. The highest BCUT2D eigenvalue weighted by Crippen LogP contribution is 2.31. The number of aromatic carboxylic acids is 1. The lowest BCUT2D eigenvalue weighted by atomic mass is 10.1. The Morgan fingerprint density at radius 3 is 2.75 bits per heavy atom. The second-order valence-corrected chi connectivity index (χ2v) is 5.11. The summed E-state index contributed by atoms with van der Waals surface area (Å²) in [5, 5.41) is 8.91. The predicted octanol–water partition coefficient (Wildman–Crippen LogP) is 3.82. The molecule has 2 rings (SSSR count). The van der Waals surface area contributed by atoms with Gasteiger partial charge in [-0.1, -0.05) is 12.1 Å². The molecular weight excluding hydrogens is 279 g/mol. The van der Waals surface area contributed by atoms with E-state index in [0.717, 1.165) is 16.7 Å². The maximum Gasteiger partial charge on any atom is 0.335 e. The van der Waals surface area contributed by atoms with E-state index in [1.54, 1.807) is 7.11 Å². The van der Waals surface area contributed by atoms with E-state index >= 15 is 0 Å². The van der Waals surface area contributed by atoms with Gasteiger partial charge >= 0.3 is 5.97 Å². The minimum Gasteiger partial charge on any atom is -0.496 e. The first-order chi connectivity index (χ1) is 9.60. The summed E-state index contributed by atoms with van der Waals surface area (Å²) < 4.78 is 18.6. The van der Waals surface area contributed by atoms with Gasteiger partial charge in [-0.25, -0.2) is 9.18 Å². The fraction of sp³-hybridized carbons (Fsp3) is 0.133. The molecule has 2 aromatic rings. The average Bonchev–Trinajstić information content (AvgIpc) is 2.44. The molecule has 0 aromatic heterocycles. The van der Waals surface area contributed by atoms with Crippen molar-refractivity contribution in [1.29, 1.82) is 0 Å². The number of carboxylic acids is 1. The second-order valence-electron chi connectivity index (χ2n) is 4.09. The molecule has 104 valence electrons. The molecule has 5 heteroatoms. The lowest BCUT2D eigenvalue weighted by Crippen LogP contribution is -1.98. The van der Waals surface area contributed by atoms with E-state index < -0.39 is 11.8 Å². The van der Waals surface area contributed by atoms with Gasteiger partial charge in [-0.05, 0) is 35.9 Å². The highest BCUT2D eigenvalue weighted by Gasteiger charge is 2.08. The Labute approximate surface area is 120 Å². The van der Waals surface area contributed by atoms with Crippen LogP contribution in [0.2, 0.25) is 0 Å². The topological polar surface area (TPSA) is 46.5 Å². The van der Waals surface area contributed by atoms with Crippen LogP contribution in [0.4, 0.5) is 4.39 Å². The second kappa shape index (κ2) is 6.43. The molecule has 0 aliphatic carbocycles. The van der Waals surface area contributed by atoms with Crippen LogP contribution in [0, 0.1) is 5.82 Å². The van der Waals surface area contributed by atoms with Gasteiger partial charge in [0.1, 0.15) is 11.6 Å². The number of hydrogen-bond donors (Lipinski definition) is 1. The average molecular weight is 292 g/mol. The standard InChI is InChI=1S/C15H13FO3S/c1-19-13-4-2-3-5-14(13)20-9-10-6-11(15(17)18)8-12(16)7-10/h2-8H,9H2,1H3,(H,17,18).